The molecule has 6 nitrogen and oxygen atoms in total. The van der Waals surface area contributed by atoms with Crippen LogP contribution in [0, 0.1) is 5.82 Å². The first-order valence-corrected chi connectivity index (χ1v) is 10.9. The number of aliphatic carboxylic acids is 1. The Hall–Kier alpha value is -3.00. The number of aliphatic hydroxyl groups excluding tert-OH is 2. The van der Waals surface area contributed by atoms with Crippen LogP contribution in [0.2, 0.25) is 5.02 Å². The number of rotatable bonds is 9. The summed E-state index contributed by atoms with van der Waals surface area (Å²) in [4.78, 5) is 15.6. The molecule has 0 saturated heterocycles. The molecule has 0 spiro atoms. The molecule has 2 atom stereocenters. The third-order valence-electron chi connectivity index (χ3n) is 5.07. The smallest absolute Gasteiger partial charge is 0.305 e. The van der Waals surface area contributed by atoms with Gasteiger partial charge in [0, 0.05) is 34.7 Å². The van der Waals surface area contributed by atoms with Crippen LogP contribution in [0.4, 0.5) is 4.39 Å². The first kappa shape index (κ1) is 24.6. The molecular formula is C25H26ClFN2O4. The van der Waals surface area contributed by atoms with Gasteiger partial charge in [-0.3, -0.25) is 4.79 Å². The van der Waals surface area contributed by atoms with Crippen LogP contribution in [0.15, 0.2) is 54.6 Å². The summed E-state index contributed by atoms with van der Waals surface area (Å²) in [7, 11) is 0. The van der Waals surface area contributed by atoms with Gasteiger partial charge in [0.25, 0.3) is 0 Å². The van der Waals surface area contributed by atoms with Gasteiger partial charge in [0.1, 0.15) is 11.6 Å². The normalized spacial score (nSPS) is 13.5. The first-order valence-electron chi connectivity index (χ1n) is 10.6. The summed E-state index contributed by atoms with van der Waals surface area (Å²) in [6, 6.07) is 13.3. The van der Waals surface area contributed by atoms with Gasteiger partial charge in [0.15, 0.2) is 0 Å². The number of carbonyl (C=O) groups is 1. The van der Waals surface area contributed by atoms with E-state index in [2.05, 4.69) is 0 Å². The molecule has 0 amide bonds. The predicted octanol–water partition coefficient (Wildman–Crippen LogP) is 5.19. The van der Waals surface area contributed by atoms with Crippen LogP contribution in [0.3, 0.4) is 0 Å². The van der Waals surface area contributed by atoms with Crippen molar-refractivity contribution in [1.29, 1.82) is 0 Å². The SMILES string of the molecule is CC(C)c1nc(-c2ccc(F)cc2)c(-c2ccc(Cl)cc2)n1/C=C/C(O)CC(O)CC(=O)O. The summed E-state index contributed by atoms with van der Waals surface area (Å²) >= 11 is 6.08. The Labute approximate surface area is 196 Å². The molecular weight excluding hydrogens is 447 g/mol. The van der Waals surface area contributed by atoms with Gasteiger partial charge in [-0.15, -0.1) is 0 Å². The molecule has 0 bridgehead atoms. The summed E-state index contributed by atoms with van der Waals surface area (Å²) in [6.45, 7) is 3.97. The number of carboxylic acids is 1. The maximum Gasteiger partial charge on any atom is 0.305 e. The lowest BCUT2D eigenvalue weighted by Gasteiger charge is -2.13. The number of hydrogen-bond acceptors (Lipinski definition) is 4. The first-order chi connectivity index (χ1) is 15.7. The maximum atomic E-state index is 13.5. The second-order valence-corrected chi connectivity index (χ2v) is 8.54. The minimum atomic E-state index is -1.17. The van der Waals surface area contributed by atoms with Crippen LogP contribution in [0.25, 0.3) is 28.7 Å². The number of benzene rings is 2. The quantitative estimate of drug-likeness (QED) is 0.398. The molecule has 0 saturated carbocycles. The van der Waals surface area contributed by atoms with E-state index in [9.17, 15) is 19.4 Å². The molecule has 2 aromatic carbocycles. The fourth-order valence-corrected chi connectivity index (χ4v) is 3.65. The van der Waals surface area contributed by atoms with Crippen molar-refractivity contribution in [3.8, 4) is 22.5 Å². The molecule has 0 aliphatic rings. The minimum absolute atomic E-state index is 0.0182. The minimum Gasteiger partial charge on any atom is -0.481 e. The number of hydrogen-bond donors (Lipinski definition) is 3. The number of imidazole rings is 1. The summed E-state index contributed by atoms with van der Waals surface area (Å²) < 4.78 is 15.4. The third kappa shape index (κ3) is 6.28. The Balaban J connectivity index is 2.10. The maximum absolute atomic E-state index is 13.5. The largest absolute Gasteiger partial charge is 0.481 e. The Kier molecular flexibility index (Phi) is 8.02. The molecule has 0 radical (unpaired) electrons. The number of carboxylic acid groups (broad SMARTS) is 1. The van der Waals surface area contributed by atoms with E-state index in [4.69, 9.17) is 21.7 Å². The van der Waals surface area contributed by atoms with E-state index in [0.717, 1.165) is 16.8 Å². The summed E-state index contributed by atoms with van der Waals surface area (Å²) in [5.41, 5.74) is 2.93. The van der Waals surface area contributed by atoms with Crippen molar-refractivity contribution in [1.82, 2.24) is 9.55 Å². The third-order valence-corrected chi connectivity index (χ3v) is 5.32. The van der Waals surface area contributed by atoms with Crippen molar-refractivity contribution >= 4 is 23.8 Å². The van der Waals surface area contributed by atoms with Gasteiger partial charge >= 0.3 is 5.97 Å². The number of aromatic nitrogens is 2. The lowest BCUT2D eigenvalue weighted by Crippen LogP contribution is -2.19. The van der Waals surface area contributed by atoms with Crippen molar-refractivity contribution in [3.63, 3.8) is 0 Å². The van der Waals surface area contributed by atoms with Crippen LogP contribution in [0.1, 0.15) is 38.4 Å². The van der Waals surface area contributed by atoms with E-state index in [1.807, 2.05) is 30.5 Å². The van der Waals surface area contributed by atoms with Crippen LogP contribution in [0.5, 0.6) is 0 Å². The van der Waals surface area contributed by atoms with Crippen molar-refractivity contribution in [2.75, 3.05) is 0 Å². The molecule has 3 N–H and O–H groups in total. The van der Waals surface area contributed by atoms with Gasteiger partial charge in [0.2, 0.25) is 0 Å². The van der Waals surface area contributed by atoms with Gasteiger partial charge in [-0.2, -0.15) is 0 Å². The molecule has 3 rings (SSSR count). The molecule has 1 heterocycles. The highest BCUT2D eigenvalue weighted by Crippen LogP contribution is 2.36. The fraction of sp³-hybridized carbons (Fsp3) is 0.280. The Morgan fingerprint density at radius 3 is 2.27 bits per heavy atom. The Bertz CT molecular complexity index is 1120. The molecule has 174 valence electrons. The van der Waals surface area contributed by atoms with Gasteiger partial charge < -0.3 is 19.9 Å². The molecule has 8 heteroatoms. The highest BCUT2D eigenvalue weighted by atomic mass is 35.5. The molecule has 1 aromatic heterocycles. The lowest BCUT2D eigenvalue weighted by atomic mass is 10.0. The topological polar surface area (TPSA) is 95.6 Å². The molecule has 2 unspecified atom stereocenters. The van der Waals surface area contributed by atoms with Gasteiger partial charge in [0.05, 0.1) is 30.0 Å². The number of aliphatic hydroxyl groups is 2. The van der Waals surface area contributed by atoms with E-state index in [0.29, 0.717) is 16.5 Å². The van der Waals surface area contributed by atoms with Crippen LogP contribution >= 0.6 is 11.6 Å². The molecule has 0 fully saturated rings. The monoisotopic (exact) mass is 472 g/mol. The van der Waals surface area contributed by atoms with E-state index < -0.39 is 24.6 Å². The Morgan fingerprint density at radius 1 is 1.09 bits per heavy atom. The summed E-state index contributed by atoms with van der Waals surface area (Å²) in [5, 5.41) is 29.6. The van der Waals surface area contributed by atoms with Crippen LogP contribution < -0.4 is 0 Å². The molecule has 0 aliphatic heterocycles. The standard InChI is InChI=1S/C25H26ClFN2O4/c1-15(2)25-28-23(16-5-9-19(27)10-6-16)24(17-3-7-18(26)8-4-17)29(25)12-11-20(30)13-21(31)14-22(32)33/h3-12,15,20-21,30-31H,13-14H2,1-2H3,(H,32,33)/b12-11+. The highest BCUT2D eigenvalue weighted by molar-refractivity contribution is 6.30. The van der Waals surface area contributed by atoms with Crippen molar-refractivity contribution in [2.45, 2.75) is 44.8 Å². The van der Waals surface area contributed by atoms with Gasteiger partial charge in [-0.1, -0.05) is 37.6 Å². The average Bonchev–Trinajstić information content (AvgIpc) is 3.12. The zero-order chi connectivity index (χ0) is 24.1. The second kappa shape index (κ2) is 10.7. The van der Waals surface area contributed by atoms with Crippen LogP contribution in [-0.4, -0.2) is 43.0 Å². The average molecular weight is 473 g/mol. The van der Waals surface area contributed by atoms with Gasteiger partial charge in [-0.25, -0.2) is 9.37 Å². The molecule has 33 heavy (non-hydrogen) atoms. The fourth-order valence-electron chi connectivity index (χ4n) is 3.53. The number of nitrogens with zero attached hydrogens (tertiary/aromatic N) is 2. The van der Waals surface area contributed by atoms with E-state index in [1.54, 1.807) is 30.5 Å². The lowest BCUT2D eigenvalue weighted by molar-refractivity contribution is -0.139. The summed E-state index contributed by atoms with van der Waals surface area (Å²) in [6.07, 6.45) is 0.367. The van der Waals surface area contributed by atoms with Crippen molar-refractivity contribution < 1.29 is 24.5 Å². The zero-order valence-electron chi connectivity index (χ0n) is 18.3. The van der Waals surface area contributed by atoms with Crippen molar-refractivity contribution in [3.05, 3.63) is 71.3 Å². The van der Waals surface area contributed by atoms with E-state index >= 15 is 0 Å². The number of halogens is 2. The molecule has 3 aromatic rings. The van der Waals surface area contributed by atoms with Crippen molar-refractivity contribution in [2.24, 2.45) is 0 Å². The Morgan fingerprint density at radius 2 is 1.70 bits per heavy atom. The summed E-state index contributed by atoms with van der Waals surface area (Å²) in [5.74, 6) is -0.749. The highest BCUT2D eigenvalue weighted by Gasteiger charge is 2.21. The second-order valence-electron chi connectivity index (χ2n) is 8.10. The van der Waals surface area contributed by atoms with E-state index in [1.165, 1.54) is 18.2 Å². The predicted molar refractivity (Wildman–Crippen MR) is 126 cm³/mol. The zero-order valence-corrected chi connectivity index (χ0v) is 19.1. The van der Waals surface area contributed by atoms with Gasteiger partial charge in [-0.05, 0) is 42.5 Å². The molecule has 0 aliphatic carbocycles. The van der Waals surface area contributed by atoms with E-state index in [-0.39, 0.29) is 18.2 Å². The van der Waals surface area contributed by atoms with Crippen LogP contribution in [-0.2, 0) is 4.79 Å².